The number of carboxylic acid groups (broad SMARTS) is 1. The SMILES string of the molecule is CC(=O)N1CCC(CN2CCC(c3n[nH]c(C)n3)N(C(=O)c3cccc(C(=O)O)c3)CC2)CC1. The molecule has 34 heavy (non-hydrogen) atoms. The summed E-state index contributed by atoms with van der Waals surface area (Å²) in [6, 6.07) is 5.86. The van der Waals surface area contributed by atoms with Gasteiger partial charge < -0.3 is 19.8 Å². The second kappa shape index (κ2) is 10.3. The molecule has 0 radical (unpaired) electrons. The Morgan fingerprint density at radius 2 is 1.79 bits per heavy atom. The van der Waals surface area contributed by atoms with Crippen LogP contribution in [0, 0.1) is 12.8 Å². The summed E-state index contributed by atoms with van der Waals surface area (Å²) in [4.78, 5) is 47.1. The molecule has 1 unspecified atom stereocenters. The minimum Gasteiger partial charge on any atom is -0.478 e. The van der Waals surface area contributed by atoms with E-state index in [4.69, 9.17) is 0 Å². The number of benzene rings is 1. The summed E-state index contributed by atoms with van der Waals surface area (Å²) in [6.07, 6.45) is 2.67. The van der Waals surface area contributed by atoms with Crippen molar-refractivity contribution >= 4 is 17.8 Å². The first kappa shape index (κ1) is 23.9. The summed E-state index contributed by atoms with van der Waals surface area (Å²) in [7, 11) is 0. The van der Waals surface area contributed by atoms with Crippen molar-refractivity contribution in [2.45, 2.75) is 39.2 Å². The molecule has 2 N–H and O–H groups in total. The van der Waals surface area contributed by atoms with E-state index in [2.05, 4.69) is 20.1 Å². The van der Waals surface area contributed by atoms with Gasteiger partial charge in [0, 0.05) is 51.8 Å². The number of aryl methyl sites for hydroxylation is 1. The standard InChI is InChI=1S/C24H32N6O4/c1-16-25-22(27-26-16)21-8-9-28(15-18-6-10-29(11-7-18)17(2)31)12-13-30(21)23(32)19-4-3-5-20(14-19)24(33)34/h3-5,14,18,21H,6-13,15H2,1-2H3,(H,33,34)(H,25,26,27). The van der Waals surface area contributed by atoms with Crippen LogP contribution in [0.3, 0.4) is 0 Å². The first-order chi connectivity index (χ1) is 16.3. The Morgan fingerprint density at radius 3 is 2.44 bits per heavy atom. The fraction of sp³-hybridized carbons (Fsp3) is 0.542. The number of nitrogens with one attached hydrogen (secondary N) is 1. The van der Waals surface area contributed by atoms with Crippen molar-refractivity contribution in [1.29, 1.82) is 0 Å². The van der Waals surface area contributed by atoms with Gasteiger partial charge >= 0.3 is 5.97 Å². The Kier molecular flexibility index (Phi) is 7.26. The number of hydrogen-bond donors (Lipinski definition) is 2. The fourth-order valence-electron chi connectivity index (χ4n) is 4.93. The molecule has 0 saturated carbocycles. The zero-order valence-corrected chi connectivity index (χ0v) is 19.7. The van der Waals surface area contributed by atoms with Crippen LogP contribution in [0.15, 0.2) is 24.3 Å². The third-order valence-electron chi connectivity index (χ3n) is 6.86. The average molecular weight is 469 g/mol. The predicted octanol–water partition coefficient (Wildman–Crippen LogP) is 1.96. The molecule has 3 heterocycles. The van der Waals surface area contributed by atoms with Gasteiger partial charge in [-0.15, -0.1) is 0 Å². The van der Waals surface area contributed by atoms with Gasteiger partial charge in [-0.1, -0.05) is 6.07 Å². The zero-order valence-electron chi connectivity index (χ0n) is 19.7. The van der Waals surface area contributed by atoms with Gasteiger partial charge in [-0.05, 0) is 50.3 Å². The lowest BCUT2D eigenvalue weighted by Crippen LogP contribution is -2.42. The normalized spacial score (nSPS) is 20.2. The number of carbonyl (C=O) groups is 3. The van der Waals surface area contributed by atoms with Crippen LogP contribution < -0.4 is 0 Å². The molecular formula is C24H32N6O4. The molecule has 0 bridgehead atoms. The summed E-state index contributed by atoms with van der Waals surface area (Å²) in [5.74, 6) is 0.652. The number of aromatic amines is 1. The second-order valence-corrected chi connectivity index (χ2v) is 9.22. The quantitative estimate of drug-likeness (QED) is 0.688. The molecule has 182 valence electrons. The van der Waals surface area contributed by atoms with Gasteiger partial charge in [0.05, 0.1) is 11.6 Å². The van der Waals surface area contributed by atoms with Crippen LogP contribution in [0.5, 0.6) is 0 Å². The van der Waals surface area contributed by atoms with Gasteiger partial charge in [0.2, 0.25) is 5.91 Å². The molecule has 1 atom stereocenters. The largest absolute Gasteiger partial charge is 0.478 e. The smallest absolute Gasteiger partial charge is 0.335 e. The van der Waals surface area contributed by atoms with Crippen molar-refractivity contribution in [2.24, 2.45) is 5.92 Å². The van der Waals surface area contributed by atoms with E-state index in [1.165, 1.54) is 12.1 Å². The monoisotopic (exact) mass is 468 g/mol. The number of rotatable bonds is 5. The molecule has 1 aromatic heterocycles. The van der Waals surface area contributed by atoms with Gasteiger partial charge in [0.25, 0.3) is 5.91 Å². The van der Waals surface area contributed by atoms with E-state index in [-0.39, 0.29) is 23.4 Å². The Labute approximate surface area is 198 Å². The maximum absolute atomic E-state index is 13.5. The molecule has 2 aliphatic heterocycles. The molecule has 4 rings (SSSR count). The number of aromatic carboxylic acids is 1. The molecule has 2 fully saturated rings. The average Bonchev–Trinajstić information content (AvgIpc) is 3.15. The van der Waals surface area contributed by atoms with E-state index in [0.29, 0.717) is 36.1 Å². The highest BCUT2D eigenvalue weighted by Crippen LogP contribution is 2.28. The molecule has 2 saturated heterocycles. The number of hydrogen-bond acceptors (Lipinski definition) is 6. The minimum absolute atomic E-state index is 0.0875. The van der Waals surface area contributed by atoms with Crippen molar-refractivity contribution in [3.8, 4) is 0 Å². The number of piperidine rings is 1. The highest BCUT2D eigenvalue weighted by Gasteiger charge is 2.33. The molecular weight excluding hydrogens is 436 g/mol. The van der Waals surface area contributed by atoms with Gasteiger partial charge in [0.15, 0.2) is 5.82 Å². The van der Waals surface area contributed by atoms with Crippen LogP contribution in [0.2, 0.25) is 0 Å². The zero-order chi connectivity index (χ0) is 24.2. The van der Waals surface area contributed by atoms with Crippen molar-refractivity contribution in [1.82, 2.24) is 29.9 Å². The van der Waals surface area contributed by atoms with Crippen LogP contribution in [-0.2, 0) is 4.79 Å². The first-order valence-corrected chi connectivity index (χ1v) is 11.8. The Balaban J connectivity index is 1.49. The molecule has 10 heteroatoms. The Bertz CT molecular complexity index is 1050. The molecule has 10 nitrogen and oxygen atoms in total. The number of amides is 2. The molecule has 2 amide bonds. The third-order valence-corrected chi connectivity index (χ3v) is 6.86. The molecule has 1 aromatic carbocycles. The maximum atomic E-state index is 13.5. The van der Waals surface area contributed by atoms with E-state index in [9.17, 15) is 19.5 Å². The van der Waals surface area contributed by atoms with Crippen molar-refractivity contribution in [3.05, 3.63) is 47.0 Å². The summed E-state index contributed by atoms with van der Waals surface area (Å²) in [5.41, 5.74) is 0.437. The van der Waals surface area contributed by atoms with Crippen LogP contribution >= 0.6 is 0 Å². The van der Waals surface area contributed by atoms with Crippen molar-refractivity contribution < 1.29 is 19.5 Å². The van der Waals surface area contributed by atoms with E-state index in [0.717, 1.165) is 45.6 Å². The Morgan fingerprint density at radius 1 is 1.06 bits per heavy atom. The van der Waals surface area contributed by atoms with Crippen LogP contribution in [-0.4, -0.2) is 92.0 Å². The Hall–Kier alpha value is -3.27. The summed E-state index contributed by atoms with van der Waals surface area (Å²) >= 11 is 0. The number of H-pyrrole nitrogens is 1. The summed E-state index contributed by atoms with van der Waals surface area (Å²) in [6.45, 7) is 8.02. The van der Waals surface area contributed by atoms with E-state index < -0.39 is 5.97 Å². The highest BCUT2D eigenvalue weighted by atomic mass is 16.4. The van der Waals surface area contributed by atoms with E-state index in [1.807, 2.05) is 11.8 Å². The second-order valence-electron chi connectivity index (χ2n) is 9.22. The van der Waals surface area contributed by atoms with E-state index in [1.54, 1.807) is 24.0 Å². The topological polar surface area (TPSA) is 123 Å². The van der Waals surface area contributed by atoms with Crippen LogP contribution in [0.25, 0.3) is 0 Å². The number of nitrogens with zero attached hydrogens (tertiary/aromatic N) is 5. The minimum atomic E-state index is -1.06. The van der Waals surface area contributed by atoms with Crippen LogP contribution in [0.4, 0.5) is 0 Å². The van der Waals surface area contributed by atoms with Crippen molar-refractivity contribution in [2.75, 3.05) is 39.3 Å². The third kappa shape index (κ3) is 5.44. The van der Waals surface area contributed by atoms with Gasteiger partial charge in [-0.3, -0.25) is 14.7 Å². The van der Waals surface area contributed by atoms with Gasteiger partial charge in [0.1, 0.15) is 5.82 Å². The molecule has 0 spiro atoms. The molecule has 2 aromatic rings. The lowest BCUT2D eigenvalue weighted by molar-refractivity contribution is -0.130. The van der Waals surface area contributed by atoms with E-state index >= 15 is 0 Å². The number of aromatic nitrogens is 3. The lowest BCUT2D eigenvalue weighted by Gasteiger charge is -2.34. The molecule has 0 aliphatic carbocycles. The number of carbonyl (C=O) groups excluding carboxylic acids is 2. The van der Waals surface area contributed by atoms with Gasteiger partial charge in [-0.2, -0.15) is 5.10 Å². The number of likely N-dealkylation sites (tertiary alicyclic amines) is 1. The van der Waals surface area contributed by atoms with Crippen LogP contribution in [0.1, 0.15) is 64.6 Å². The maximum Gasteiger partial charge on any atom is 0.335 e. The fourth-order valence-corrected chi connectivity index (χ4v) is 4.93. The summed E-state index contributed by atoms with van der Waals surface area (Å²) < 4.78 is 0. The first-order valence-electron chi connectivity index (χ1n) is 11.8. The number of carboxylic acids is 1. The van der Waals surface area contributed by atoms with Gasteiger partial charge in [-0.25, -0.2) is 9.78 Å². The lowest BCUT2D eigenvalue weighted by atomic mass is 9.96. The highest BCUT2D eigenvalue weighted by molar-refractivity contribution is 5.97. The predicted molar refractivity (Wildman–Crippen MR) is 124 cm³/mol. The molecule has 2 aliphatic rings. The van der Waals surface area contributed by atoms with Crippen molar-refractivity contribution in [3.63, 3.8) is 0 Å². The summed E-state index contributed by atoms with van der Waals surface area (Å²) in [5, 5.41) is 16.6.